The largest absolute Gasteiger partial charge is 0.390 e. The maximum absolute atomic E-state index is 15.6. The summed E-state index contributed by atoms with van der Waals surface area (Å²) in [5, 5.41) is 25.2. The number of anilines is 4. The van der Waals surface area contributed by atoms with E-state index in [9.17, 15) is 15.2 Å². The molecule has 3 aromatic rings. The number of rotatable bonds is 9. The summed E-state index contributed by atoms with van der Waals surface area (Å²) in [5.41, 5.74) is 6.19. The van der Waals surface area contributed by atoms with Gasteiger partial charge in [0.15, 0.2) is 11.6 Å². The molecule has 198 valence electrons. The minimum atomic E-state index is -0.978. The van der Waals surface area contributed by atoms with Crippen molar-refractivity contribution in [1.82, 2.24) is 10.3 Å². The fraction of sp³-hybridized carbons (Fsp3) is 0.269. The molecular weight excluding hydrogens is 516 g/mol. The monoisotopic (exact) mass is 541 g/mol. The number of urea groups is 1. The predicted molar refractivity (Wildman–Crippen MR) is 143 cm³/mol. The van der Waals surface area contributed by atoms with E-state index in [1.54, 1.807) is 25.1 Å². The van der Waals surface area contributed by atoms with E-state index in [-0.39, 0.29) is 42.4 Å². The van der Waals surface area contributed by atoms with E-state index in [4.69, 9.17) is 17.3 Å². The summed E-state index contributed by atoms with van der Waals surface area (Å²) in [6.45, 7) is 3.01. The normalized spacial score (nSPS) is 13.4. The number of amides is 2. The zero-order valence-electron chi connectivity index (χ0n) is 20.5. The highest BCUT2D eigenvalue weighted by Gasteiger charge is 2.36. The van der Waals surface area contributed by atoms with Crippen molar-refractivity contribution in [3.05, 3.63) is 64.8 Å². The molecule has 0 saturated carbocycles. The molecule has 0 fully saturated rings. The van der Waals surface area contributed by atoms with Crippen molar-refractivity contribution in [2.75, 3.05) is 47.8 Å². The SMILES string of the molecule is CCN1C(=O)N(c2c(F)cc(NCCNCC(O)CN)cc2F)c2cc(C#N)ccc2-c2cc(Cl)cnc21. The second-order valence-corrected chi connectivity index (χ2v) is 8.98. The highest BCUT2D eigenvalue weighted by Crippen LogP contribution is 2.45. The molecule has 1 aliphatic rings. The minimum Gasteiger partial charge on any atom is -0.390 e. The smallest absolute Gasteiger partial charge is 0.334 e. The molecule has 1 atom stereocenters. The number of nitrogens with one attached hydrogen (secondary N) is 2. The Bertz CT molecular complexity index is 1380. The predicted octanol–water partition coefficient (Wildman–Crippen LogP) is 3.97. The molecule has 2 heterocycles. The molecule has 0 bridgehead atoms. The molecule has 2 aromatic carbocycles. The molecule has 12 heteroatoms. The second kappa shape index (κ2) is 11.7. The molecule has 0 spiro atoms. The van der Waals surface area contributed by atoms with Crippen LogP contribution in [-0.2, 0) is 0 Å². The first-order valence-corrected chi connectivity index (χ1v) is 12.3. The summed E-state index contributed by atoms with van der Waals surface area (Å²) in [4.78, 5) is 20.4. The molecular formula is C26H26ClF2N7O2. The molecule has 4 rings (SSSR count). The lowest BCUT2D eigenvalue weighted by Crippen LogP contribution is -2.41. The van der Waals surface area contributed by atoms with Crippen molar-refractivity contribution in [3.8, 4) is 17.2 Å². The van der Waals surface area contributed by atoms with Crippen LogP contribution in [0, 0.1) is 23.0 Å². The summed E-state index contributed by atoms with van der Waals surface area (Å²) in [7, 11) is 0. The first-order valence-electron chi connectivity index (χ1n) is 11.9. The second-order valence-electron chi connectivity index (χ2n) is 8.54. The highest BCUT2D eigenvalue weighted by molar-refractivity contribution is 6.31. The van der Waals surface area contributed by atoms with Crippen LogP contribution in [0.5, 0.6) is 0 Å². The van der Waals surface area contributed by atoms with Crippen LogP contribution in [0.2, 0.25) is 5.02 Å². The van der Waals surface area contributed by atoms with E-state index < -0.39 is 29.5 Å². The summed E-state index contributed by atoms with van der Waals surface area (Å²) in [6.07, 6.45) is 0.711. The number of fused-ring (bicyclic) bond motifs is 3. The van der Waals surface area contributed by atoms with Crippen LogP contribution in [-0.4, -0.2) is 54.9 Å². The van der Waals surface area contributed by atoms with Crippen LogP contribution in [0.25, 0.3) is 11.1 Å². The van der Waals surface area contributed by atoms with Crippen molar-refractivity contribution in [2.45, 2.75) is 13.0 Å². The Hall–Kier alpha value is -3.82. The van der Waals surface area contributed by atoms with Crippen LogP contribution >= 0.6 is 11.6 Å². The fourth-order valence-corrected chi connectivity index (χ4v) is 4.36. The van der Waals surface area contributed by atoms with Gasteiger partial charge in [-0.2, -0.15) is 5.26 Å². The Balaban J connectivity index is 1.75. The van der Waals surface area contributed by atoms with Gasteiger partial charge in [0.2, 0.25) is 0 Å². The standard InChI is InChI=1S/C26H26ClF2N7O2/c1-2-35-25-20(8-16(27)13-34-25)19-4-3-15(11-30)7-23(19)36(26(35)38)24-21(28)9-17(10-22(24)29)33-6-5-32-14-18(37)12-31/h3-4,7-10,13,18,32-33,37H,2,5-6,12,14,31H2,1H3. The molecule has 1 unspecified atom stereocenters. The van der Waals surface area contributed by atoms with Crippen molar-refractivity contribution >= 4 is 40.5 Å². The molecule has 2 amide bonds. The lowest BCUT2D eigenvalue weighted by molar-refractivity contribution is 0.180. The lowest BCUT2D eigenvalue weighted by atomic mass is 10.0. The Morgan fingerprint density at radius 2 is 1.92 bits per heavy atom. The first kappa shape index (κ1) is 27.2. The van der Waals surface area contributed by atoms with Crippen molar-refractivity contribution in [2.24, 2.45) is 5.73 Å². The van der Waals surface area contributed by atoms with Gasteiger partial charge in [-0.05, 0) is 37.3 Å². The van der Waals surface area contributed by atoms with Gasteiger partial charge in [0.05, 0.1) is 28.4 Å². The minimum absolute atomic E-state index is 0.121. The number of nitriles is 1. The molecule has 9 nitrogen and oxygen atoms in total. The molecule has 1 aromatic heterocycles. The van der Waals surface area contributed by atoms with Gasteiger partial charge < -0.3 is 21.5 Å². The lowest BCUT2D eigenvalue weighted by Gasteiger charge is -2.28. The van der Waals surface area contributed by atoms with Crippen LogP contribution in [0.4, 0.5) is 36.5 Å². The number of hydrogen-bond acceptors (Lipinski definition) is 7. The van der Waals surface area contributed by atoms with Crippen LogP contribution in [0.3, 0.4) is 0 Å². The maximum atomic E-state index is 15.6. The Labute approximate surface area is 223 Å². The molecule has 1 aliphatic heterocycles. The van der Waals surface area contributed by atoms with E-state index in [0.29, 0.717) is 29.2 Å². The summed E-state index contributed by atoms with van der Waals surface area (Å²) < 4.78 is 31.1. The average Bonchev–Trinajstić information content (AvgIpc) is 2.99. The van der Waals surface area contributed by atoms with Gasteiger partial charge in [-0.15, -0.1) is 0 Å². The summed E-state index contributed by atoms with van der Waals surface area (Å²) >= 11 is 6.21. The molecule has 38 heavy (non-hydrogen) atoms. The first-order chi connectivity index (χ1) is 18.3. The topological polar surface area (TPSA) is 131 Å². The number of hydrogen-bond donors (Lipinski definition) is 4. The highest BCUT2D eigenvalue weighted by atomic mass is 35.5. The summed E-state index contributed by atoms with van der Waals surface area (Å²) in [5.74, 6) is -1.68. The molecule has 5 N–H and O–H groups in total. The van der Waals surface area contributed by atoms with Gasteiger partial charge in [0, 0.05) is 55.7 Å². The number of carbonyl (C=O) groups excluding carboxylic acids is 1. The Morgan fingerprint density at radius 1 is 1.18 bits per heavy atom. The Kier molecular flexibility index (Phi) is 8.38. The summed E-state index contributed by atoms with van der Waals surface area (Å²) in [6, 6.07) is 9.64. The molecule has 0 saturated heterocycles. The fourth-order valence-electron chi connectivity index (χ4n) is 4.20. The quantitative estimate of drug-likeness (QED) is 0.301. The number of aromatic nitrogens is 1. The number of benzene rings is 2. The molecule has 0 radical (unpaired) electrons. The third-order valence-electron chi connectivity index (χ3n) is 6.01. The number of carbonyl (C=O) groups is 1. The van der Waals surface area contributed by atoms with E-state index in [1.807, 2.05) is 6.07 Å². The van der Waals surface area contributed by atoms with Crippen LogP contribution in [0.15, 0.2) is 42.6 Å². The number of nitrogens with zero attached hydrogens (tertiary/aromatic N) is 4. The van der Waals surface area contributed by atoms with Crippen LogP contribution in [0.1, 0.15) is 12.5 Å². The maximum Gasteiger partial charge on any atom is 0.334 e. The third-order valence-corrected chi connectivity index (χ3v) is 6.22. The zero-order valence-corrected chi connectivity index (χ0v) is 21.3. The van der Waals surface area contributed by atoms with E-state index in [1.165, 1.54) is 17.2 Å². The van der Waals surface area contributed by atoms with Gasteiger partial charge in [-0.1, -0.05) is 17.7 Å². The van der Waals surface area contributed by atoms with Crippen LogP contribution < -0.4 is 26.2 Å². The van der Waals surface area contributed by atoms with Gasteiger partial charge in [-0.3, -0.25) is 9.80 Å². The zero-order chi connectivity index (χ0) is 27.4. The van der Waals surface area contributed by atoms with E-state index >= 15 is 8.78 Å². The van der Waals surface area contributed by atoms with Gasteiger partial charge in [-0.25, -0.2) is 18.6 Å². The van der Waals surface area contributed by atoms with Gasteiger partial charge in [0.1, 0.15) is 11.5 Å². The van der Waals surface area contributed by atoms with Crippen molar-refractivity contribution in [1.29, 1.82) is 5.26 Å². The number of aliphatic hydroxyl groups is 1. The van der Waals surface area contributed by atoms with E-state index in [2.05, 4.69) is 15.6 Å². The Morgan fingerprint density at radius 3 is 2.58 bits per heavy atom. The van der Waals surface area contributed by atoms with Crippen molar-refractivity contribution in [3.63, 3.8) is 0 Å². The average molecular weight is 542 g/mol. The van der Waals surface area contributed by atoms with Gasteiger partial charge in [0.25, 0.3) is 0 Å². The number of aliphatic hydroxyl groups excluding tert-OH is 1. The van der Waals surface area contributed by atoms with E-state index in [0.717, 1.165) is 17.0 Å². The third kappa shape index (κ3) is 5.39. The number of halogens is 3. The number of pyridine rings is 1. The number of nitrogens with two attached hydrogens (primary N) is 1. The molecule has 0 aliphatic carbocycles. The van der Waals surface area contributed by atoms with Crippen molar-refractivity contribution < 1.29 is 18.7 Å². The van der Waals surface area contributed by atoms with Gasteiger partial charge >= 0.3 is 6.03 Å².